The predicted molar refractivity (Wildman–Crippen MR) is 129 cm³/mol. The second-order valence-electron chi connectivity index (χ2n) is 8.34. The van der Waals surface area contributed by atoms with Gasteiger partial charge < -0.3 is 9.30 Å². The Balaban J connectivity index is 1.58. The summed E-state index contributed by atoms with van der Waals surface area (Å²) in [4.78, 5) is 32.0. The van der Waals surface area contributed by atoms with Crippen molar-refractivity contribution in [1.29, 1.82) is 0 Å². The molecule has 2 aromatic heterocycles. The minimum absolute atomic E-state index is 0.121. The third kappa shape index (κ3) is 4.27. The van der Waals surface area contributed by atoms with Gasteiger partial charge in [0.15, 0.2) is 0 Å². The fraction of sp³-hybridized carbons (Fsp3) is 0.231. The highest BCUT2D eigenvalue weighted by Crippen LogP contribution is 2.30. The molecule has 0 unspecified atom stereocenters. The molecule has 0 bridgehead atoms. The maximum atomic E-state index is 11.7. The molecule has 4 aromatic rings. The second-order valence-corrected chi connectivity index (χ2v) is 8.34. The quantitative estimate of drug-likeness (QED) is 0.422. The summed E-state index contributed by atoms with van der Waals surface area (Å²) in [5.74, 6) is 0.121. The molecular formula is C26H25N5O2. The first kappa shape index (κ1) is 21.0. The van der Waals surface area contributed by atoms with Gasteiger partial charge in [-0.25, -0.2) is 4.98 Å². The normalized spacial score (nSPS) is 14.5. The van der Waals surface area contributed by atoms with Crippen LogP contribution in [0.15, 0.2) is 78.1 Å². The fourth-order valence-electron chi connectivity index (χ4n) is 4.42. The van der Waals surface area contributed by atoms with Crippen molar-refractivity contribution in [2.24, 2.45) is 5.18 Å². The second kappa shape index (κ2) is 8.96. The van der Waals surface area contributed by atoms with Gasteiger partial charge in [-0.15, -0.1) is 4.91 Å². The van der Waals surface area contributed by atoms with Crippen molar-refractivity contribution in [3.8, 4) is 22.4 Å². The zero-order chi connectivity index (χ0) is 22.8. The Labute approximate surface area is 192 Å². The lowest BCUT2D eigenvalue weighted by atomic mass is 10.1. The van der Waals surface area contributed by atoms with Gasteiger partial charge in [0.05, 0.1) is 11.4 Å². The molecule has 0 radical (unpaired) electrons. The van der Waals surface area contributed by atoms with E-state index in [4.69, 9.17) is 4.98 Å². The van der Waals surface area contributed by atoms with E-state index in [9.17, 15) is 9.70 Å². The van der Waals surface area contributed by atoms with Crippen molar-refractivity contribution in [2.45, 2.75) is 13.5 Å². The number of aromatic nitrogens is 2. The van der Waals surface area contributed by atoms with Crippen LogP contribution >= 0.6 is 0 Å². The maximum Gasteiger partial charge on any atom is 0.219 e. The van der Waals surface area contributed by atoms with Crippen LogP contribution in [0.3, 0.4) is 0 Å². The molecule has 1 amide bonds. The van der Waals surface area contributed by atoms with E-state index in [2.05, 4.69) is 38.9 Å². The molecule has 0 saturated carbocycles. The van der Waals surface area contributed by atoms with Gasteiger partial charge in [0.2, 0.25) is 5.91 Å². The number of hydrogen-bond donors (Lipinski definition) is 0. The fourth-order valence-corrected chi connectivity index (χ4v) is 4.42. The molecule has 7 heteroatoms. The van der Waals surface area contributed by atoms with Gasteiger partial charge in [-0.05, 0) is 40.6 Å². The van der Waals surface area contributed by atoms with Crippen LogP contribution in [0.25, 0.3) is 28.0 Å². The maximum absolute atomic E-state index is 11.7. The highest BCUT2D eigenvalue weighted by molar-refractivity contribution is 5.73. The minimum atomic E-state index is 0.121. The van der Waals surface area contributed by atoms with E-state index >= 15 is 0 Å². The molecule has 0 aliphatic carbocycles. The zero-order valence-electron chi connectivity index (χ0n) is 18.5. The standard InChI is InChI=1S/C26H25N5O2/c1-19(32)30-14-12-29(13-15-30)18-24-26(21-8-5-9-23(16-21)28-33)27-25-11-10-22(17-31(24)25)20-6-3-2-4-7-20/h2-11,16-17H,12-15,18H2,1H3. The van der Waals surface area contributed by atoms with E-state index in [1.54, 1.807) is 19.1 Å². The molecule has 1 aliphatic heterocycles. The number of imidazole rings is 1. The summed E-state index contributed by atoms with van der Waals surface area (Å²) in [5, 5.41) is 3.10. The number of hydrogen-bond acceptors (Lipinski definition) is 5. The number of benzene rings is 2. The third-order valence-corrected chi connectivity index (χ3v) is 6.24. The van der Waals surface area contributed by atoms with Crippen LogP contribution in [0.2, 0.25) is 0 Å². The predicted octanol–water partition coefficient (Wildman–Crippen LogP) is 4.73. The summed E-state index contributed by atoms with van der Waals surface area (Å²) in [6.07, 6.45) is 2.13. The molecule has 1 fully saturated rings. The first-order valence-electron chi connectivity index (χ1n) is 11.1. The first-order valence-corrected chi connectivity index (χ1v) is 11.1. The average molecular weight is 440 g/mol. The molecule has 0 N–H and O–H groups in total. The van der Waals surface area contributed by atoms with Crippen LogP contribution in [0.5, 0.6) is 0 Å². The lowest BCUT2D eigenvalue weighted by Gasteiger charge is -2.34. The number of carbonyl (C=O) groups excluding carboxylic acids is 1. The van der Waals surface area contributed by atoms with E-state index < -0.39 is 0 Å². The van der Waals surface area contributed by atoms with Crippen LogP contribution in [-0.4, -0.2) is 51.3 Å². The molecule has 1 saturated heterocycles. The number of piperazine rings is 1. The molecule has 0 spiro atoms. The van der Waals surface area contributed by atoms with Crippen molar-refractivity contribution < 1.29 is 4.79 Å². The molecule has 33 heavy (non-hydrogen) atoms. The molecule has 7 nitrogen and oxygen atoms in total. The number of fused-ring (bicyclic) bond motifs is 1. The third-order valence-electron chi connectivity index (χ3n) is 6.24. The summed E-state index contributed by atoms with van der Waals surface area (Å²) in [6.45, 7) is 5.38. The summed E-state index contributed by atoms with van der Waals surface area (Å²) >= 11 is 0. The molecule has 2 aromatic carbocycles. The van der Waals surface area contributed by atoms with E-state index in [1.165, 1.54) is 0 Å². The Kier molecular flexibility index (Phi) is 5.71. The molecule has 0 atom stereocenters. The Morgan fingerprint density at radius 2 is 1.67 bits per heavy atom. The van der Waals surface area contributed by atoms with Crippen molar-refractivity contribution in [3.63, 3.8) is 0 Å². The first-order chi connectivity index (χ1) is 16.1. The Morgan fingerprint density at radius 3 is 2.39 bits per heavy atom. The van der Waals surface area contributed by atoms with Crippen molar-refractivity contribution in [2.75, 3.05) is 26.2 Å². The molecule has 3 heterocycles. The lowest BCUT2D eigenvalue weighted by molar-refractivity contribution is -0.130. The van der Waals surface area contributed by atoms with Crippen LogP contribution in [0, 0.1) is 4.91 Å². The summed E-state index contributed by atoms with van der Waals surface area (Å²) in [5.41, 5.74) is 6.26. The van der Waals surface area contributed by atoms with Crippen LogP contribution in [0.1, 0.15) is 12.6 Å². The van der Waals surface area contributed by atoms with Gasteiger partial charge in [0.25, 0.3) is 0 Å². The molecular weight excluding hydrogens is 414 g/mol. The van der Waals surface area contributed by atoms with Gasteiger partial charge in [-0.3, -0.25) is 9.69 Å². The number of pyridine rings is 1. The summed E-state index contributed by atoms with van der Waals surface area (Å²) in [6, 6.07) is 21.7. The van der Waals surface area contributed by atoms with Gasteiger partial charge in [-0.2, -0.15) is 0 Å². The number of rotatable bonds is 5. The number of nitroso groups, excluding NO2 is 1. The van der Waals surface area contributed by atoms with Gasteiger partial charge in [0, 0.05) is 51.4 Å². The van der Waals surface area contributed by atoms with E-state index in [1.807, 2.05) is 41.3 Å². The van der Waals surface area contributed by atoms with E-state index in [-0.39, 0.29) is 5.91 Å². The van der Waals surface area contributed by atoms with Gasteiger partial charge in [-0.1, -0.05) is 42.5 Å². The highest BCUT2D eigenvalue weighted by atomic mass is 16.3. The van der Waals surface area contributed by atoms with Crippen LogP contribution < -0.4 is 0 Å². The largest absolute Gasteiger partial charge is 0.340 e. The monoisotopic (exact) mass is 439 g/mol. The number of carbonyl (C=O) groups is 1. The van der Waals surface area contributed by atoms with Gasteiger partial charge >= 0.3 is 0 Å². The summed E-state index contributed by atoms with van der Waals surface area (Å²) in [7, 11) is 0. The average Bonchev–Trinajstić information content (AvgIpc) is 3.22. The van der Waals surface area contributed by atoms with E-state index in [0.717, 1.165) is 59.9 Å². The number of nitrogens with zero attached hydrogens (tertiary/aromatic N) is 5. The van der Waals surface area contributed by atoms with Crippen molar-refractivity contribution in [1.82, 2.24) is 19.2 Å². The van der Waals surface area contributed by atoms with Crippen molar-refractivity contribution >= 4 is 17.2 Å². The Morgan fingerprint density at radius 1 is 0.909 bits per heavy atom. The Hall–Kier alpha value is -3.84. The number of amides is 1. The van der Waals surface area contributed by atoms with Crippen molar-refractivity contribution in [3.05, 3.63) is 83.5 Å². The van der Waals surface area contributed by atoms with Crippen LogP contribution in [-0.2, 0) is 11.3 Å². The van der Waals surface area contributed by atoms with E-state index in [0.29, 0.717) is 12.2 Å². The topological polar surface area (TPSA) is 70.3 Å². The zero-order valence-corrected chi connectivity index (χ0v) is 18.5. The summed E-state index contributed by atoms with van der Waals surface area (Å²) < 4.78 is 2.15. The lowest BCUT2D eigenvalue weighted by Crippen LogP contribution is -2.47. The minimum Gasteiger partial charge on any atom is -0.340 e. The SMILES string of the molecule is CC(=O)N1CCN(Cc2c(-c3cccc(N=O)c3)nc3ccc(-c4ccccc4)cn23)CC1. The van der Waals surface area contributed by atoms with Crippen LogP contribution in [0.4, 0.5) is 5.69 Å². The molecule has 166 valence electrons. The van der Waals surface area contributed by atoms with Gasteiger partial charge in [0.1, 0.15) is 11.3 Å². The Bertz CT molecular complexity index is 1310. The molecule has 1 aliphatic rings. The highest BCUT2D eigenvalue weighted by Gasteiger charge is 2.22. The molecule has 5 rings (SSSR count). The smallest absolute Gasteiger partial charge is 0.219 e.